The molecule has 0 saturated heterocycles. The lowest BCUT2D eigenvalue weighted by atomic mass is 9.98. The highest BCUT2D eigenvalue weighted by Gasteiger charge is 2.42. The molecule has 0 radical (unpaired) electrons. The summed E-state index contributed by atoms with van der Waals surface area (Å²) < 4.78 is 6.81. The van der Waals surface area contributed by atoms with Crippen LogP contribution in [-0.2, 0) is 6.54 Å². The predicted molar refractivity (Wildman–Crippen MR) is 131 cm³/mol. The van der Waals surface area contributed by atoms with E-state index in [0.717, 1.165) is 26.1 Å². The van der Waals surface area contributed by atoms with Crippen LogP contribution in [0.3, 0.4) is 0 Å². The number of hydrogen-bond acceptors (Lipinski definition) is 4. The Morgan fingerprint density at radius 2 is 1.72 bits per heavy atom. The van der Waals surface area contributed by atoms with E-state index in [9.17, 15) is 9.59 Å². The van der Waals surface area contributed by atoms with Crippen molar-refractivity contribution in [3.05, 3.63) is 109 Å². The fourth-order valence-electron chi connectivity index (χ4n) is 4.18. The Morgan fingerprint density at radius 3 is 2.41 bits per heavy atom. The summed E-state index contributed by atoms with van der Waals surface area (Å²) in [5.74, 6) is -0.127. The Hall–Kier alpha value is -2.83. The number of carbonyl (C=O) groups is 1. The first-order chi connectivity index (χ1) is 15.5. The Morgan fingerprint density at radius 1 is 1.00 bits per heavy atom. The van der Waals surface area contributed by atoms with Crippen LogP contribution in [0.15, 0.2) is 85.3 Å². The lowest BCUT2D eigenvalue weighted by Gasteiger charge is -2.25. The summed E-state index contributed by atoms with van der Waals surface area (Å²) in [4.78, 5) is 30.0. The van der Waals surface area contributed by atoms with E-state index in [0.29, 0.717) is 23.1 Å². The minimum Gasteiger partial charge on any atom is -0.450 e. The van der Waals surface area contributed by atoms with Crippen molar-refractivity contribution in [2.45, 2.75) is 24.4 Å². The summed E-state index contributed by atoms with van der Waals surface area (Å²) >= 11 is 5.09. The zero-order valence-electron chi connectivity index (χ0n) is 17.6. The molecule has 5 rings (SSSR count). The summed E-state index contributed by atoms with van der Waals surface area (Å²) in [5, 5.41) is 0.467. The molecule has 2 heterocycles. The number of hydrogen-bond donors (Lipinski definition) is 0. The van der Waals surface area contributed by atoms with Gasteiger partial charge >= 0.3 is 0 Å². The molecule has 1 aliphatic rings. The number of rotatable bonds is 4. The van der Waals surface area contributed by atoms with Gasteiger partial charge in [0.1, 0.15) is 5.58 Å². The highest BCUT2D eigenvalue weighted by molar-refractivity contribution is 9.10. The quantitative estimate of drug-likeness (QED) is 0.304. The van der Waals surface area contributed by atoms with Crippen LogP contribution < -0.4 is 5.43 Å². The zero-order valence-corrected chi connectivity index (χ0v) is 20.0. The lowest BCUT2D eigenvalue weighted by Crippen LogP contribution is -2.29. The van der Waals surface area contributed by atoms with Gasteiger partial charge in [-0.15, -0.1) is 11.8 Å². The molecule has 0 N–H and O–H groups in total. The fraction of sp³-hybridized carbons (Fsp3) is 0.154. The van der Waals surface area contributed by atoms with Crippen LogP contribution in [-0.4, -0.2) is 17.1 Å². The molecule has 0 fully saturated rings. The summed E-state index contributed by atoms with van der Waals surface area (Å²) in [6.45, 7) is 2.42. The van der Waals surface area contributed by atoms with Crippen molar-refractivity contribution >= 4 is 44.6 Å². The summed E-state index contributed by atoms with van der Waals surface area (Å²) in [6.07, 6.45) is 2.02. The molecule has 4 nitrogen and oxygen atoms in total. The lowest BCUT2D eigenvalue weighted by molar-refractivity contribution is 0.0714. The molecule has 0 saturated carbocycles. The topological polar surface area (TPSA) is 50.5 Å². The van der Waals surface area contributed by atoms with Gasteiger partial charge in [-0.25, -0.2) is 0 Å². The van der Waals surface area contributed by atoms with Crippen LogP contribution >= 0.6 is 27.7 Å². The number of amides is 1. The van der Waals surface area contributed by atoms with E-state index >= 15 is 0 Å². The third-order valence-corrected chi connectivity index (χ3v) is 7.07. The summed E-state index contributed by atoms with van der Waals surface area (Å²) in [5.41, 5.74) is 3.71. The van der Waals surface area contributed by atoms with E-state index < -0.39 is 6.04 Å². The zero-order chi connectivity index (χ0) is 22.4. The van der Waals surface area contributed by atoms with Crippen LogP contribution in [0.2, 0.25) is 0 Å². The van der Waals surface area contributed by atoms with Gasteiger partial charge in [0.2, 0.25) is 5.76 Å². The van der Waals surface area contributed by atoms with E-state index in [1.54, 1.807) is 34.9 Å². The van der Waals surface area contributed by atoms with Crippen LogP contribution in [0.25, 0.3) is 11.0 Å². The molecule has 0 spiro atoms. The first kappa shape index (κ1) is 21.0. The first-order valence-corrected chi connectivity index (χ1v) is 12.2. The second-order valence-corrected chi connectivity index (χ2v) is 9.70. The number of aryl methyl sites for hydroxylation is 1. The summed E-state index contributed by atoms with van der Waals surface area (Å²) in [6, 6.07) is 20.9. The largest absolute Gasteiger partial charge is 0.450 e. The van der Waals surface area contributed by atoms with Gasteiger partial charge < -0.3 is 9.32 Å². The normalized spacial score (nSPS) is 15.4. The highest BCUT2D eigenvalue weighted by Crippen LogP contribution is 2.39. The second kappa shape index (κ2) is 8.26. The average Bonchev–Trinajstić information content (AvgIpc) is 3.08. The van der Waals surface area contributed by atoms with Gasteiger partial charge in [-0.2, -0.15) is 0 Å². The molecule has 0 bridgehead atoms. The maximum Gasteiger partial charge on any atom is 0.291 e. The van der Waals surface area contributed by atoms with Gasteiger partial charge in [-0.3, -0.25) is 9.59 Å². The smallest absolute Gasteiger partial charge is 0.291 e. The number of nitrogens with zero attached hydrogens (tertiary/aromatic N) is 1. The first-order valence-electron chi connectivity index (χ1n) is 10.2. The fourth-order valence-corrected chi connectivity index (χ4v) is 4.95. The molecule has 4 aromatic rings. The minimum absolute atomic E-state index is 0.135. The number of fused-ring (bicyclic) bond motifs is 2. The van der Waals surface area contributed by atoms with Crippen molar-refractivity contribution in [3.8, 4) is 0 Å². The van der Waals surface area contributed by atoms with Gasteiger partial charge in [0.25, 0.3) is 5.91 Å². The van der Waals surface area contributed by atoms with Crippen molar-refractivity contribution in [1.29, 1.82) is 0 Å². The van der Waals surface area contributed by atoms with Crippen LogP contribution in [0, 0.1) is 6.92 Å². The number of carbonyl (C=O) groups excluding carboxylic acids is 1. The van der Waals surface area contributed by atoms with E-state index in [-0.39, 0.29) is 17.1 Å². The molecule has 1 amide bonds. The molecule has 1 aliphatic heterocycles. The van der Waals surface area contributed by atoms with Crippen molar-refractivity contribution in [2.24, 2.45) is 0 Å². The molecule has 3 aromatic carbocycles. The number of halogens is 1. The standard InChI is InChI=1S/C26H20BrNO3S/c1-15-3-5-16(6-4-15)14-28-23(17-7-10-19(32-2)11-8-17)22-24(29)20-13-18(27)9-12-21(20)31-25(22)26(28)30/h3-13,23H,14H2,1-2H3. The maximum atomic E-state index is 13.6. The SMILES string of the molecule is CSc1ccc(C2c3c(oc4ccc(Br)cc4c3=O)C(=O)N2Cc2ccc(C)cc2)cc1. The number of thioether (sulfide) groups is 1. The van der Waals surface area contributed by atoms with Gasteiger partial charge in [-0.1, -0.05) is 57.9 Å². The molecule has 32 heavy (non-hydrogen) atoms. The van der Waals surface area contributed by atoms with E-state index in [2.05, 4.69) is 15.9 Å². The van der Waals surface area contributed by atoms with Crippen molar-refractivity contribution in [2.75, 3.05) is 6.26 Å². The molecular weight excluding hydrogens is 486 g/mol. The predicted octanol–water partition coefficient (Wildman–Crippen LogP) is 6.33. The Balaban J connectivity index is 1.70. The Kier molecular flexibility index (Phi) is 5.43. The third-order valence-electron chi connectivity index (χ3n) is 5.83. The van der Waals surface area contributed by atoms with Crippen LogP contribution in [0.1, 0.15) is 38.9 Å². The molecule has 1 unspecified atom stereocenters. The molecule has 1 aromatic heterocycles. The van der Waals surface area contributed by atoms with Crippen LogP contribution in [0.5, 0.6) is 0 Å². The van der Waals surface area contributed by atoms with E-state index in [1.165, 1.54) is 0 Å². The third kappa shape index (κ3) is 3.57. The molecule has 1 atom stereocenters. The Bertz CT molecular complexity index is 1390. The Labute approximate surface area is 198 Å². The maximum absolute atomic E-state index is 13.6. The minimum atomic E-state index is -0.505. The van der Waals surface area contributed by atoms with Gasteiger partial charge in [0.15, 0.2) is 5.43 Å². The van der Waals surface area contributed by atoms with E-state index in [1.807, 2.05) is 61.7 Å². The number of benzene rings is 3. The van der Waals surface area contributed by atoms with Crippen molar-refractivity contribution in [3.63, 3.8) is 0 Å². The van der Waals surface area contributed by atoms with Crippen LogP contribution in [0.4, 0.5) is 0 Å². The van der Waals surface area contributed by atoms with Gasteiger partial charge in [-0.05, 0) is 54.6 Å². The summed E-state index contributed by atoms with van der Waals surface area (Å²) in [7, 11) is 0. The monoisotopic (exact) mass is 505 g/mol. The van der Waals surface area contributed by atoms with Crippen molar-refractivity contribution in [1.82, 2.24) is 4.90 Å². The molecule has 160 valence electrons. The van der Waals surface area contributed by atoms with Gasteiger partial charge in [0.05, 0.1) is 17.0 Å². The molecule has 0 aliphatic carbocycles. The van der Waals surface area contributed by atoms with E-state index in [4.69, 9.17) is 4.42 Å². The molecular formula is C26H20BrNO3S. The average molecular weight is 506 g/mol. The second-order valence-electron chi connectivity index (χ2n) is 7.91. The highest BCUT2D eigenvalue weighted by atomic mass is 79.9. The van der Waals surface area contributed by atoms with Gasteiger partial charge in [0, 0.05) is 15.9 Å². The molecule has 6 heteroatoms. The van der Waals surface area contributed by atoms with Crippen molar-refractivity contribution < 1.29 is 9.21 Å².